The van der Waals surface area contributed by atoms with Crippen LogP contribution >= 0.6 is 0 Å². The largest absolute Gasteiger partial charge is 0.364 e. The Balaban J connectivity index is 2.51. The number of aromatic nitrogens is 1. The van der Waals surface area contributed by atoms with Crippen LogP contribution in [-0.4, -0.2) is 36.2 Å². The van der Waals surface area contributed by atoms with Crippen molar-refractivity contribution < 1.29 is 13.2 Å². The molecule has 2 heterocycles. The van der Waals surface area contributed by atoms with E-state index in [2.05, 4.69) is 4.98 Å². The average Bonchev–Trinajstić information content (AvgIpc) is 2.76. The molecule has 0 unspecified atom stereocenters. The van der Waals surface area contributed by atoms with Crippen LogP contribution in [0.15, 0.2) is 23.2 Å². The molecule has 1 atom stereocenters. The van der Waals surface area contributed by atoms with Gasteiger partial charge in [-0.1, -0.05) is 0 Å². The van der Waals surface area contributed by atoms with Gasteiger partial charge in [-0.2, -0.15) is 4.31 Å². The Morgan fingerprint density at radius 2 is 2.28 bits per heavy atom. The number of nitrogens with two attached hydrogens (primary N) is 1. The fourth-order valence-corrected chi connectivity index (χ4v) is 4.02. The summed E-state index contributed by atoms with van der Waals surface area (Å²) in [6, 6.07) is 2.80. The monoisotopic (exact) mass is 269 g/mol. The standard InChI is InChI=1S/C11H15N3O3S/c1-8-4-3-7-14(8)18(16,17)9-5-2-6-13-10(9)11(12)15/h2,5-6,8H,3-4,7H2,1H3,(H2,12,15)/t8-/m0/s1. The highest BCUT2D eigenvalue weighted by molar-refractivity contribution is 7.89. The SMILES string of the molecule is C[C@H]1CCCN1S(=O)(=O)c1cccnc1C(N)=O. The third kappa shape index (κ3) is 2.11. The van der Waals surface area contributed by atoms with E-state index in [4.69, 9.17) is 5.73 Å². The van der Waals surface area contributed by atoms with Crippen molar-refractivity contribution in [3.8, 4) is 0 Å². The minimum absolute atomic E-state index is 0.0593. The second-order valence-corrected chi connectivity index (χ2v) is 6.18. The zero-order valence-corrected chi connectivity index (χ0v) is 10.9. The molecule has 98 valence electrons. The summed E-state index contributed by atoms with van der Waals surface area (Å²) in [6.07, 6.45) is 3.00. The number of hydrogen-bond acceptors (Lipinski definition) is 4. The van der Waals surface area contributed by atoms with Crippen LogP contribution in [0.2, 0.25) is 0 Å². The first-order valence-electron chi connectivity index (χ1n) is 5.71. The molecule has 7 heteroatoms. The molecule has 1 amide bonds. The summed E-state index contributed by atoms with van der Waals surface area (Å²) in [7, 11) is -3.69. The van der Waals surface area contributed by atoms with Gasteiger partial charge in [-0.15, -0.1) is 0 Å². The molecule has 6 nitrogen and oxygen atoms in total. The minimum atomic E-state index is -3.69. The van der Waals surface area contributed by atoms with E-state index in [1.54, 1.807) is 0 Å². The molecule has 1 fully saturated rings. The zero-order valence-electron chi connectivity index (χ0n) is 10.0. The van der Waals surface area contributed by atoms with Crippen molar-refractivity contribution in [3.05, 3.63) is 24.0 Å². The Labute approximate surface area is 106 Å². The van der Waals surface area contributed by atoms with Crippen molar-refractivity contribution >= 4 is 15.9 Å². The molecule has 0 aliphatic carbocycles. The molecular formula is C11H15N3O3S. The molecule has 0 aromatic carbocycles. The van der Waals surface area contributed by atoms with Crippen molar-refractivity contribution in [2.45, 2.75) is 30.7 Å². The molecule has 1 aliphatic rings. The second kappa shape index (κ2) is 4.66. The van der Waals surface area contributed by atoms with E-state index in [1.807, 2.05) is 6.92 Å². The summed E-state index contributed by atoms with van der Waals surface area (Å²) in [4.78, 5) is 14.9. The fraction of sp³-hybridized carbons (Fsp3) is 0.455. The van der Waals surface area contributed by atoms with Gasteiger partial charge in [0.1, 0.15) is 10.6 Å². The van der Waals surface area contributed by atoms with E-state index in [0.717, 1.165) is 12.8 Å². The van der Waals surface area contributed by atoms with Crippen LogP contribution in [0, 0.1) is 0 Å². The van der Waals surface area contributed by atoms with Gasteiger partial charge < -0.3 is 5.73 Å². The van der Waals surface area contributed by atoms with Crippen LogP contribution in [0.5, 0.6) is 0 Å². The van der Waals surface area contributed by atoms with Crippen LogP contribution in [0.3, 0.4) is 0 Å². The highest BCUT2D eigenvalue weighted by atomic mass is 32.2. The number of pyridine rings is 1. The molecule has 2 N–H and O–H groups in total. The van der Waals surface area contributed by atoms with Crippen LogP contribution in [-0.2, 0) is 10.0 Å². The van der Waals surface area contributed by atoms with E-state index in [9.17, 15) is 13.2 Å². The van der Waals surface area contributed by atoms with Crippen molar-refractivity contribution in [2.24, 2.45) is 5.73 Å². The lowest BCUT2D eigenvalue weighted by molar-refractivity contribution is 0.0992. The van der Waals surface area contributed by atoms with Gasteiger partial charge in [-0.05, 0) is 31.9 Å². The predicted molar refractivity (Wildman–Crippen MR) is 65.3 cm³/mol. The van der Waals surface area contributed by atoms with Gasteiger partial charge >= 0.3 is 0 Å². The molecule has 1 saturated heterocycles. The Morgan fingerprint density at radius 1 is 1.56 bits per heavy atom. The number of nitrogens with zero attached hydrogens (tertiary/aromatic N) is 2. The number of rotatable bonds is 3. The lowest BCUT2D eigenvalue weighted by Crippen LogP contribution is -2.35. The number of primary amides is 1. The molecule has 18 heavy (non-hydrogen) atoms. The van der Waals surface area contributed by atoms with Crippen molar-refractivity contribution in [1.82, 2.24) is 9.29 Å². The van der Waals surface area contributed by atoms with E-state index >= 15 is 0 Å². The Morgan fingerprint density at radius 3 is 2.83 bits per heavy atom. The van der Waals surface area contributed by atoms with Gasteiger partial charge in [0.2, 0.25) is 10.0 Å². The number of sulfonamides is 1. The molecule has 0 saturated carbocycles. The third-order valence-corrected chi connectivity index (χ3v) is 5.13. The Bertz CT molecular complexity index is 571. The summed E-state index contributed by atoms with van der Waals surface area (Å²) in [6.45, 7) is 2.32. The van der Waals surface area contributed by atoms with Gasteiger partial charge in [-0.3, -0.25) is 4.79 Å². The van der Waals surface area contributed by atoms with Crippen molar-refractivity contribution in [2.75, 3.05) is 6.54 Å². The Hall–Kier alpha value is -1.47. The first-order valence-corrected chi connectivity index (χ1v) is 7.15. The van der Waals surface area contributed by atoms with Gasteiger partial charge in [0.25, 0.3) is 5.91 Å². The minimum Gasteiger partial charge on any atom is -0.364 e. The molecule has 0 bridgehead atoms. The highest BCUT2D eigenvalue weighted by Crippen LogP contribution is 2.26. The third-order valence-electron chi connectivity index (χ3n) is 3.08. The average molecular weight is 269 g/mol. The van der Waals surface area contributed by atoms with Gasteiger partial charge in [0.05, 0.1) is 0 Å². The molecule has 0 radical (unpaired) electrons. The molecule has 0 spiro atoms. The van der Waals surface area contributed by atoms with Crippen LogP contribution in [0.4, 0.5) is 0 Å². The molecule has 2 rings (SSSR count). The highest BCUT2D eigenvalue weighted by Gasteiger charge is 2.35. The van der Waals surface area contributed by atoms with Crippen molar-refractivity contribution in [1.29, 1.82) is 0 Å². The smallest absolute Gasteiger partial charge is 0.268 e. The second-order valence-electron chi connectivity index (χ2n) is 4.32. The maximum atomic E-state index is 12.4. The predicted octanol–water partition coefficient (Wildman–Crippen LogP) is 0.354. The summed E-state index contributed by atoms with van der Waals surface area (Å²) in [5.74, 6) is -0.832. The Kier molecular flexibility index (Phi) is 3.36. The summed E-state index contributed by atoms with van der Waals surface area (Å²) in [5, 5.41) is 0. The van der Waals surface area contributed by atoms with E-state index in [1.165, 1.54) is 22.6 Å². The van der Waals surface area contributed by atoms with Crippen LogP contribution in [0.25, 0.3) is 0 Å². The molecule has 1 aliphatic heterocycles. The quantitative estimate of drug-likeness (QED) is 0.857. The molecular weight excluding hydrogens is 254 g/mol. The van der Waals surface area contributed by atoms with E-state index in [-0.39, 0.29) is 16.6 Å². The number of carbonyl (C=O) groups excluding carboxylic acids is 1. The number of carbonyl (C=O) groups is 1. The first kappa shape index (κ1) is 13.0. The maximum Gasteiger partial charge on any atom is 0.268 e. The number of hydrogen-bond donors (Lipinski definition) is 1. The summed E-state index contributed by atoms with van der Waals surface area (Å²) < 4.78 is 26.3. The van der Waals surface area contributed by atoms with Crippen LogP contribution in [0.1, 0.15) is 30.3 Å². The first-order chi connectivity index (χ1) is 8.44. The van der Waals surface area contributed by atoms with Gasteiger partial charge in [-0.25, -0.2) is 13.4 Å². The topological polar surface area (TPSA) is 93.4 Å². The van der Waals surface area contributed by atoms with Gasteiger partial charge in [0.15, 0.2) is 0 Å². The molecule has 1 aromatic heterocycles. The fourth-order valence-electron chi connectivity index (χ4n) is 2.17. The summed E-state index contributed by atoms with van der Waals surface area (Å²) in [5.41, 5.74) is 4.96. The normalized spacial score (nSPS) is 21.1. The number of amides is 1. The van der Waals surface area contributed by atoms with Gasteiger partial charge in [0, 0.05) is 18.8 Å². The summed E-state index contributed by atoms with van der Waals surface area (Å²) >= 11 is 0. The lowest BCUT2D eigenvalue weighted by atomic mass is 10.3. The van der Waals surface area contributed by atoms with Crippen molar-refractivity contribution in [3.63, 3.8) is 0 Å². The maximum absolute atomic E-state index is 12.4. The zero-order chi connectivity index (χ0) is 13.3. The van der Waals surface area contributed by atoms with E-state index in [0.29, 0.717) is 6.54 Å². The van der Waals surface area contributed by atoms with Crippen LogP contribution < -0.4 is 5.73 Å². The molecule has 1 aromatic rings. The lowest BCUT2D eigenvalue weighted by Gasteiger charge is -2.21. The van der Waals surface area contributed by atoms with E-state index < -0.39 is 15.9 Å².